The first-order valence-corrected chi connectivity index (χ1v) is 12.0. The number of carbonyl (C=O) groups excluding carboxylic acids is 2. The zero-order valence-electron chi connectivity index (χ0n) is 18.3. The van der Waals surface area contributed by atoms with Crippen molar-refractivity contribution >= 4 is 58.0 Å². The highest BCUT2D eigenvalue weighted by molar-refractivity contribution is 7.99. The summed E-state index contributed by atoms with van der Waals surface area (Å²) in [6.07, 6.45) is 2.67. The molecule has 0 radical (unpaired) electrons. The second-order valence-corrected chi connectivity index (χ2v) is 9.26. The number of hydrogen-bond donors (Lipinski definition) is 1. The van der Waals surface area contributed by atoms with Crippen LogP contribution in [0.5, 0.6) is 11.5 Å². The number of rotatable bonds is 9. The Balaban J connectivity index is 1.77. The van der Waals surface area contributed by atoms with Crippen LogP contribution >= 0.6 is 34.9 Å². The normalized spacial score (nSPS) is 11.2. The lowest BCUT2D eigenvalue weighted by molar-refractivity contribution is -0.112. The van der Waals surface area contributed by atoms with E-state index in [-0.39, 0.29) is 33.0 Å². The number of amides is 1. The molecule has 9 nitrogen and oxygen atoms in total. The van der Waals surface area contributed by atoms with Gasteiger partial charge in [0, 0.05) is 17.3 Å². The molecule has 1 amide bonds. The van der Waals surface area contributed by atoms with Gasteiger partial charge in [-0.1, -0.05) is 37.2 Å². The average molecular weight is 519 g/mol. The standard InChI is InChI=1S/C22H19ClN4O5S2/c1-12(2)11-33-22-26-21(34-27-22)25-19(28)14(10-24)7-13-8-15(23)18(17(9-13)30-3)32-20(29)16-5-4-6-31-16/h4-9,12H,11H2,1-3H3,(H,25,26,27,28)/b14-7-. The number of halogens is 1. The summed E-state index contributed by atoms with van der Waals surface area (Å²) in [6, 6.07) is 7.77. The monoisotopic (exact) mass is 518 g/mol. The van der Waals surface area contributed by atoms with Crippen LogP contribution in [0.25, 0.3) is 6.08 Å². The first-order chi connectivity index (χ1) is 16.3. The van der Waals surface area contributed by atoms with E-state index in [0.29, 0.717) is 16.6 Å². The molecular formula is C22H19ClN4O5S2. The van der Waals surface area contributed by atoms with Crippen molar-refractivity contribution in [3.05, 3.63) is 52.4 Å². The number of thioether (sulfide) groups is 1. The second kappa shape index (κ2) is 11.7. The van der Waals surface area contributed by atoms with E-state index in [1.165, 1.54) is 49.4 Å². The number of benzene rings is 1. The van der Waals surface area contributed by atoms with Crippen LogP contribution < -0.4 is 14.8 Å². The van der Waals surface area contributed by atoms with Crippen molar-refractivity contribution in [1.29, 1.82) is 5.26 Å². The first kappa shape index (κ1) is 25.3. The molecule has 3 aromatic rings. The SMILES string of the molecule is COc1cc(/C=C(/C#N)C(=O)Nc2nc(SCC(C)C)ns2)cc(Cl)c1OC(=O)c1ccco1. The molecule has 0 unspecified atom stereocenters. The summed E-state index contributed by atoms with van der Waals surface area (Å²) in [5.74, 6) is 0.0221. The number of ether oxygens (including phenoxy) is 2. The smallest absolute Gasteiger partial charge is 0.379 e. The molecule has 0 aliphatic heterocycles. The number of nitriles is 1. The summed E-state index contributed by atoms with van der Waals surface area (Å²) in [6.45, 7) is 4.17. The number of esters is 1. The van der Waals surface area contributed by atoms with E-state index in [1.807, 2.05) is 6.07 Å². The van der Waals surface area contributed by atoms with Crippen LogP contribution in [0.2, 0.25) is 5.02 Å². The molecule has 34 heavy (non-hydrogen) atoms. The second-order valence-electron chi connectivity index (χ2n) is 7.11. The fourth-order valence-electron chi connectivity index (χ4n) is 2.50. The first-order valence-electron chi connectivity index (χ1n) is 9.83. The Morgan fingerprint density at radius 3 is 2.85 bits per heavy atom. The van der Waals surface area contributed by atoms with Gasteiger partial charge in [0.15, 0.2) is 11.5 Å². The molecule has 176 valence electrons. The van der Waals surface area contributed by atoms with Crippen molar-refractivity contribution in [3.63, 3.8) is 0 Å². The molecule has 0 saturated carbocycles. The van der Waals surface area contributed by atoms with Crippen molar-refractivity contribution in [3.8, 4) is 17.6 Å². The molecule has 2 aromatic heterocycles. The van der Waals surface area contributed by atoms with Crippen molar-refractivity contribution in [2.45, 2.75) is 19.0 Å². The molecule has 1 aromatic carbocycles. The van der Waals surface area contributed by atoms with Gasteiger partial charge in [-0.05, 0) is 41.8 Å². The predicted molar refractivity (Wildman–Crippen MR) is 129 cm³/mol. The van der Waals surface area contributed by atoms with Gasteiger partial charge < -0.3 is 13.9 Å². The van der Waals surface area contributed by atoms with E-state index in [0.717, 1.165) is 17.3 Å². The van der Waals surface area contributed by atoms with Crippen molar-refractivity contribution in [2.75, 3.05) is 18.2 Å². The maximum Gasteiger partial charge on any atom is 0.379 e. The lowest BCUT2D eigenvalue weighted by atomic mass is 10.1. The minimum Gasteiger partial charge on any atom is -0.493 e. The maximum absolute atomic E-state index is 12.6. The number of nitrogens with one attached hydrogen (secondary N) is 1. The molecule has 0 aliphatic carbocycles. The van der Waals surface area contributed by atoms with Gasteiger partial charge in [0.2, 0.25) is 16.0 Å². The summed E-state index contributed by atoms with van der Waals surface area (Å²) in [7, 11) is 1.37. The Labute approximate surface area is 208 Å². The highest BCUT2D eigenvalue weighted by Crippen LogP contribution is 2.37. The van der Waals surface area contributed by atoms with Gasteiger partial charge in [-0.15, -0.1) is 0 Å². The highest BCUT2D eigenvalue weighted by atomic mass is 35.5. The minimum absolute atomic E-state index is 0.00651. The van der Waals surface area contributed by atoms with E-state index >= 15 is 0 Å². The number of aromatic nitrogens is 2. The molecule has 0 bridgehead atoms. The van der Waals surface area contributed by atoms with Crippen LogP contribution in [0.4, 0.5) is 5.13 Å². The van der Waals surface area contributed by atoms with Crippen LogP contribution in [0, 0.1) is 17.2 Å². The molecule has 0 fully saturated rings. The van der Waals surface area contributed by atoms with Gasteiger partial charge in [0.25, 0.3) is 5.91 Å². The Morgan fingerprint density at radius 2 is 2.21 bits per heavy atom. The van der Waals surface area contributed by atoms with Crippen LogP contribution in [-0.4, -0.2) is 34.1 Å². The van der Waals surface area contributed by atoms with Gasteiger partial charge >= 0.3 is 5.97 Å². The Morgan fingerprint density at radius 1 is 1.41 bits per heavy atom. The molecule has 0 aliphatic rings. The molecule has 12 heteroatoms. The largest absolute Gasteiger partial charge is 0.493 e. The quantitative estimate of drug-likeness (QED) is 0.132. The lowest BCUT2D eigenvalue weighted by Gasteiger charge is -2.11. The van der Waals surface area contributed by atoms with Gasteiger partial charge in [-0.2, -0.15) is 14.6 Å². The van der Waals surface area contributed by atoms with E-state index in [2.05, 4.69) is 28.5 Å². The van der Waals surface area contributed by atoms with Crippen LogP contribution in [0.15, 0.2) is 45.7 Å². The molecule has 0 saturated heterocycles. The van der Waals surface area contributed by atoms with Crippen LogP contribution in [0.3, 0.4) is 0 Å². The summed E-state index contributed by atoms with van der Waals surface area (Å²) >= 11 is 8.81. The molecule has 0 spiro atoms. The topological polar surface area (TPSA) is 127 Å². The van der Waals surface area contributed by atoms with Crippen molar-refractivity contribution in [2.24, 2.45) is 5.92 Å². The number of nitrogens with zero attached hydrogens (tertiary/aromatic N) is 3. The van der Waals surface area contributed by atoms with Crippen molar-refractivity contribution < 1.29 is 23.5 Å². The average Bonchev–Trinajstić information content (AvgIpc) is 3.49. The van der Waals surface area contributed by atoms with Gasteiger partial charge in [0.1, 0.15) is 11.6 Å². The summed E-state index contributed by atoms with van der Waals surface area (Å²) in [5.41, 5.74) is 0.196. The molecule has 0 atom stereocenters. The summed E-state index contributed by atoms with van der Waals surface area (Å²) < 4.78 is 19.8. The van der Waals surface area contributed by atoms with Gasteiger partial charge in [-0.25, -0.2) is 4.79 Å². The van der Waals surface area contributed by atoms with Gasteiger partial charge in [0.05, 0.1) is 18.4 Å². The van der Waals surface area contributed by atoms with E-state index in [4.69, 9.17) is 25.5 Å². The van der Waals surface area contributed by atoms with Crippen LogP contribution in [0.1, 0.15) is 30.0 Å². The molecule has 1 N–H and O–H groups in total. The van der Waals surface area contributed by atoms with E-state index in [1.54, 1.807) is 6.07 Å². The third kappa shape index (κ3) is 6.60. The third-order valence-electron chi connectivity index (χ3n) is 4.02. The minimum atomic E-state index is -0.756. The molecule has 3 rings (SSSR count). The maximum atomic E-state index is 12.6. The molecular weight excluding hydrogens is 500 g/mol. The fourth-order valence-corrected chi connectivity index (χ4v) is 4.25. The lowest BCUT2D eigenvalue weighted by Crippen LogP contribution is -2.13. The fraction of sp³-hybridized carbons (Fsp3) is 0.227. The Hall–Kier alpha value is -3.33. The third-order valence-corrected chi connectivity index (χ3v) is 6.32. The Bertz CT molecular complexity index is 1250. The van der Waals surface area contributed by atoms with E-state index < -0.39 is 11.9 Å². The number of carbonyl (C=O) groups is 2. The zero-order valence-corrected chi connectivity index (χ0v) is 20.7. The van der Waals surface area contributed by atoms with Crippen molar-refractivity contribution in [1.82, 2.24) is 9.36 Å². The highest BCUT2D eigenvalue weighted by Gasteiger charge is 2.19. The van der Waals surface area contributed by atoms with E-state index in [9.17, 15) is 14.9 Å². The summed E-state index contributed by atoms with van der Waals surface area (Å²) in [5, 5.41) is 13.0. The molecule has 2 heterocycles. The van der Waals surface area contributed by atoms with Crippen LogP contribution in [-0.2, 0) is 4.79 Å². The predicted octanol–water partition coefficient (Wildman–Crippen LogP) is 5.31. The number of anilines is 1. The Kier molecular flexibility index (Phi) is 8.70. The zero-order chi connectivity index (χ0) is 24.7. The number of furan rings is 1. The summed E-state index contributed by atoms with van der Waals surface area (Å²) in [4.78, 5) is 29.0. The van der Waals surface area contributed by atoms with Gasteiger partial charge in [-0.3, -0.25) is 10.1 Å². The number of methoxy groups -OCH3 is 1. The number of hydrogen-bond acceptors (Lipinski definition) is 10.